The summed E-state index contributed by atoms with van der Waals surface area (Å²) in [5.41, 5.74) is -0.000635. The van der Waals surface area contributed by atoms with Crippen molar-refractivity contribution in [2.45, 2.75) is 31.5 Å². The molecule has 0 radical (unpaired) electrons. The molecule has 82 valence electrons. The Morgan fingerprint density at radius 1 is 1.57 bits per heavy atom. The fraction of sp³-hybridized carbons (Fsp3) is 0.900. The van der Waals surface area contributed by atoms with Gasteiger partial charge in [0.15, 0.2) is 0 Å². The predicted octanol–water partition coefficient (Wildman–Crippen LogP) is 1.29. The van der Waals surface area contributed by atoms with Gasteiger partial charge in [0, 0.05) is 12.0 Å². The lowest BCUT2D eigenvalue weighted by atomic mass is 10.1. The minimum Gasteiger partial charge on any atom is -0.396 e. The Balaban J connectivity index is 2.28. The van der Waals surface area contributed by atoms with Gasteiger partial charge in [0.25, 0.3) is 0 Å². The number of hydrogen-bond donors (Lipinski definition) is 2. The Bertz CT molecular complexity index is 214. The Kier molecular flexibility index (Phi) is 3.95. The summed E-state index contributed by atoms with van der Waals surface area (Å²) in [4.78, 5) is 11.4. The number of carbonyl (C=O) groups is 1. The molecule has 2 N–H and O–H groups in total. The first kappa shape index (κ1) is 12.0. The van der Waals surface area contributed by atoms with Crippen molar-refractivity contribution in [1.82, 2.24) is 5.32 Å². The van der Waals surface area contributed by atoms with Crippen molar-refractivity contribution in [3.8, 4) is 0 Å². The quantitative estimate of drug-likeness (QED) is 0.735. The van der Waals surface area contributed by atoms with Crippen molar-refractivity contribution in [2.75, 3.05) is 13.2 Å². The van der Waals surface area contributed by atoms with Gasteiger partial charge in [-0.15, -0.1) is 0 Å². The minimum atomic E-state index is -0.128. The monoisotopic (exact) mass is 263 g/mol. The lowest BCUT2D eigenvalue weighted by Crippen LogP contribution is -2.38. The normalized spacial score (nSPS) is 20.6. The Labute approximate surface area is 93.4 Å². The Hall–Kier alpha value is -0.0900. The van der Waals surface area contributed by atoms with E-state index in [9.17, 15) is 4.79 Å². The zero-order valence-electron chi connectivity index (χ0n) is 8.72. The predicted molar refractivity (Wildman–Crippen MR) is 59.3 cm³/mol. The Morgan fingerprint density at radius 2 is 2.14 bits per heavy atom. The molecule has 0 aromatic rings. The van der Waals surface area contributed by atoms with Crippen LogP contribution in [-0.4, -0.2) is 29.0 Å². The van der Waals surface area contributed by atoms with E-state index in [0.29, 0.717) is 12.5 Å². The number of nitrogens with one attached hydrogen (secondary N) is 1. The molecule has 0 aromatic carbocycles. The average molecular weight is 264 g/mol. The molecule has 0 heterocycles. The summed E-state index contributed by atoms with van der Waals surface area (Å²) in [6, 6.07) is 0. The molecule has 1 unspecified atom stereocenters. The summed E-state index contributed by atoms with van der Waals surface area (Å²) in [7, 11) is 0. The SMILES string of the molecule is CC(C)C(Br)C(=O)NCC1(CO)CC1. The van der Waals surface area contributed by atoms with Crippen LogP contribution >= 0.6 is 15.9 Å². The third-order valence-corrected chi connectivity index (χ3v) is 4.24. The summed E-state index contributed by atoms with van der Waals surface area (Å²) in [5.74, 6) is 0.319. The molecule has 0 spiro atoms. The van der Waals surface area contributed by atoms with Crippen molar-refractivity contribution in [3.63, 3.8) is 0 Å². The molecule has 1 aliphatic carbocycles. The molecule has 1 rings (SSSR count). The van der Waals surface area contributed by atoms with Crippen molar-refractivity contribution in [1.29, 1.82) is 0 Å². The third-order valence-electron chi connectivity index (χ3n) is 2.77. The fourth-order valence-electron chi connectivity index (χ4n) is 1.24. The summed E-state index contributed by atoms with van der Waals surface area (Å²) in [6.07, 6.45) is 2.05. The smallest absolute Gasteiger partial charge is 0.234 e. The van der Waals surface area contributed by atoms with Gasteiger partial charge in [0.2, 0.25) is 5.91 Å². The summed E-state index contributed by atoms with van der Waals surface area (Å²) < 4.78 is 0. The van der Waals surface area contributed by atoms with E-state index in [1.807, 2.05) is 13.8 Å². The highest BCUT2D eigenvalue weighted by atomic mass is 79.9. The average Bonchev–Trinajstić information content (AvgIpc) is 2.93. The molecule has 0 aliphatic heterocycles. The fourth-order valence-corrected chi connectivity index (χ4v) is 1.40. The van der Waals surface area contributed by atoms with Crippen molar-refractivity contribution < 1.29 is 9.90 Å². The maximum atomic E-state index is 11.5. The van der Waals surface area contributed by atoms with Crippen LogP contribution < -0.4 is 5.32 Å². The molecule has 1 amide bonds. The molecule has 0 bridgehead atoms. The van der Waals surface area contributed by atoms with Gasteiger partial charge >= 0.3 is 0 Å². The summed E-state index contributed by atoms with van der Waals surface area (Å²) in [5, 5.41) is 11.9. The van der Waals surface area contributed by atoms with E-state index in [-0.39, 0.29) is 22.8 Å². The van der Waals surface area contributed by atoms with Crippen LogP contribution in [0.5, 0.6) is 0 Å². The number of aliphatic hydroxyl groups excluding tert-OH is 1. The van der Waals surface area contributed by atoms with Crippen LogP contribution in [-0.2, 0) is 4.79 Å². The van der Waals surface area contributed by atoms with Crippen molar-refractivity contribution >= 4 is 21.8 Å². The summed E-state index contributed by atoms with van der Waals surface area (Å²) >= 11 is 3.34. The number of aliphatic hydroxyl groups is 1. The topological polar surface area (TPSA) is 49.3 Å². The largest absolute Gasteiger partial charge is 0.396 e. The van der Waals surface area contributed by atoms with E-state index in [0.717, 1.165) is 12.8 Å². The van der Waals surface area contributed by atoms with Gasteiger partial charge in [-0.2, -0.15) is 0 Å². The highest BCUT2D eigenvalue weighted by molar-refractivity contribution is 9.10. The molecule has 0 aromatic heterocycles. The number of carbonyl (C=O) groups excluding carboxylic acids is 1. The number of amides is 1. The van der Waals surface area contributed by atoms with E-state index in [1.165, 1.54) is 0 Å². The number of hydrogen-bond acceptors (Lipinski definition) is 2. The van der Waals surface area contributed by atoms with Gasteiger partial charge in [0.05, 0.1) is 11.4 Å². The van der Waals surface area contributed by atoms with Crippen LogP contribution in [0.1, 0.15) is 26.7 Å². The van der Waals surface area contributed by atoms with Crippen molar-refractivity contribution in [3.05, 3.63) is 0 Å². The van der Waals surface area contributed by atoms with Crippen molar-refractivity contribution in [2.24, 2.45) is 11.3 Å². The van der Waals surface area contributed by atoms with Gasteiger partial charge in [0.1, 0.15) is 0 Å². The second kappa shape index (κ2) is 4.62. The zero-order valence-corrected chi connectivity index (χ0v) is 10.3. The lowest BCUT2D eigenvalue weighted by molar-refractivity contribution is -0.121. The molecular weight excluding hydrogens is 246 g/mol. The molecule has 4 heteroatoms. The van der Waals surface area contributed by atoms with Gasteiger partial charge in [-0.25, -0.2) is 0 Å². The van der Waals surface area contributed by atoms with E-state index in [4.69, 9.17) is 5.11 Å². The first-order chi connectivity index (χ1) is 6.51. The molecule has 1 saturated carbocycles. The molecule has 0 saturated heterocycles. The second-order valence-electron chi connectivity index (χ2n) is 4.52. The number of halogens is 1. The standard InChI is InChI=1S/C10H18BrNO2/c1-7(2)8(11)9(14)12-5-10(6-13)3-4-10/h7-8,13H,3-6H2,1-2H3,(H,12,14). The van der Waals surface area contributed by atoms with Crippen LogP contribution in [0.3, 0.4) is 0 Å². The van der Waals surface area contributed by atoms with Gasteiger partial charge in [-0.05, 0) is 18.8 Å². The molecule has 1 atom stereocenters. The first-order valence-corrected chi connectivity index (χ1v) is 5.95. The first-order valence-electron chi connectivity index (χ1n) is 5.03. The Morgan fingerprint density at radius 3 is 2.50 bits per heavy atom. The van der Waals surface area contributed by atoms with Crippen LogP contribution in [0.25, 0.3) is 0 Å². The summed E-state index contributed by atoms with van der Waals surface area (Å²) in [6.45, 7) is 4.79. The molecular formula is C10H18BrNO2. The highest BCUT2D eigenvalue weighted by Crippen LogP contribution is 2.44. The maximum absolute atomic E-state index is 11.5. The van der Waals surface area contributed by atoms with E-state index in [1.54, 1.807) is 0 Å². The van der Waals surface area contributed by atoms with Crippen LogP contribution in [0.4, 0.5) is 0 Å². The van der Waals surface area contributed by atoms with Gasteiger partial charge in [-0.1, -0.05) is 29.8 Å². The van der Waals surface area contributed by atoms with Crippen LogP contribution in [0.15, 0.2) is 0 Å². The van der Waals surface area contributed by atoms with Crippen LogP contribution in [0, 0.1) is 11.3 Å². The van der Waals surface area contributed by atoms with Gasteiger partial charge < -0.3 is 10.4 Å². The van der Waals surface area contributed by atoms with E-state index < -0.39 is 0 Å². The second-order valence-corrected chi connectivity index (χ2v) is 5.51. The number of rotatable bonds is 5. The number of alkyl halides is 1. The highest BCUT2D eigenvalue weighted by Gasteiger charge is 2.42. The van der Waals surface area contributed by atoms with Crippen LogP contribution in [0.2, 0.25) is 0 Å². The molecule has 1 aliphatic rings. The van der Waals surface area contributed by atoms with Gasteiger partial charge in [-0.3, -0.25) is 4.79 Å². The van der Waals surface area contributed by atoms with E-state index >= 15 is 0 Å². The lowest BCUT2D eigenvalue weighted by Gasteiger charge is -2.17. The minimum absolute atomic E-state index is 0.000635. The molecule has 3 nitrogen and oxygen atoms in total. The van der Waals surface area contributed by atoms with E-state index in [2.05, 4.69) is 21.2 Å². The molecule has 1 fully saturated rings. The molecule has 14 heavy (non-hydrogen) atoms. The maximum Gasteiger partial charge on any atom is 0.234 e. The third kappa shape index (κ3) is 2.95. The zero-order chi connectivity index (χ0) is 10.8.